The molecule has 2 rings (SSSR count). The Morgan fingerprint density at radius 1 is 1.38 bits per heavy atom. The van der Waals surface area contributed by atoms with Crippen LogP contribution in [0.1, 0.15) is 30.9 Å². The van der Waals surface area contributed by atoms with Crippen LogP contribution in [0.5, 0.6) is 5.75 Å². The van der Waals surface area contributed by atoms with Crippen LogP contribution in [0, 0.1) is 6.92 Å². The number of hydrogen-bond acceptors (Lipinski definition) is 5. The van der Waals surface area contributed by atoms with Crippen molar-refractivity contribution in [2.24, 2.45) is 0 Å². The number of carbonyl (C=O) groups excluding carboxylic acids is 1. The van der Waals surface area contributed by atoms with Gasteiger partial charge in [-0.25, -0.2) is 9.59 Å². The smallest absolute Gasteiger partial charge is 0.340 e. The zero-order valence-electron chi connectivity index (χ0n) is 14.7. The molecule has 2 N–H and O–H groups in total. The first-order chi connectivity index (χ1) is 12.3. The predicted octanol–water partition coefficient (Wildman–Crippen LogP) is 2.68. The highest BCUT2D eigenvalue weighted by Crippen LogP contribution is 2.31. The summed E-state index contributed by atoms with van der Waals surface area (Å²) in [6.45, 7) is 3.51. The van der Waals surface area contributed by atoms with Crippen LogP contribution >= 0.6 is 11.6 Å². The number of aryl methyl sites for hydroxylation is 1. The Hall–Kier alpha value is -2.54. The standard InChI is InChI=1S/C18H20ClNO6/c1-4-5-13(17(22)23)20-16(21)7-11-9(2)10-6-12(19)15(25-3)8-14(10)26-18(11)24/h6,8,13H,4-5,7H2,1-3H3,(H,20,21)(H,22,23)/t13-/m0/s1. The average molecular weight is 382 g/mol. The summed E-state index contributed by atoms with van der Waals surface area (Å²) in [5.74, 6) is -1.29. The van der Waals surface area contributed by atoms with E-state index in [1.165, 1.54) is 13.2 Å². The van der Waals surface area contributed by atoms with Crippen molar-refractivity contribution in [3.63, 3.8) is 0 Å². The number of benzene rings is 1. The largest absolute Gasteiger partial charge is 0.495 e. The summed E-state index contributed by atoms with van der Waals surface area (Å²) in [7, 11) is 1.45. The number of carboxylic acid groups (broad SMARTS) is 1. The molecule has 0 saturated heterocycles. The maximum Gasteiger partial charge on any atom is 0.340 e. The number of hydrogen-bond donors (Lipinski definition) is 2. The minimum atomic E-state index is -1.11. The molecule has 0 saturated carbocycles. The van der Waals surface area contributed by atoms with Crippen molar-refractivity contribution >= 4 is 34.4 Å². The zero-order valence-corrected chi connectivity index (χ0v) is 15.5. The second kappa shape index (κ2) is 8.23. The van der Waals surface area contributed by atoms with Crippen molar-refractivity contribution in [2.75, 3.05) is 7.11 Å². The first-order valence-corrected chi connectivity index (χ1v) is 8.48. The summed E-state index contributed by atoms with van der Waals surface area (Å²) < 4.78 is 10.4. The van der Waals surface area contributed by atoms with Gasteiger partial charge in [0.2, 0.25) is 5.91 Å². The molecule has 7 nitrogen and oxygen atoms in total. The molecule has 26 heavy (non-hydrogen) atoms. The Morgan fingerprint density at radius 3 is 2.65 bits per heavy atom. The summed E-state index contributed by atoms with van der Waals surface area (Å²) in [6.07, 6.45) is 0.637. The fourth-order valence-electron chi connectivity index (χ4n) is 2.70. The maximum absolute atomic E-state index is 12.3. The fourth-order valence-corrected chi connectivity index (χ4v) is 2.94. The number of ether oxygens (including phenoxy) is 1. The van der Waals surface area contributed by atoms with E-state index >= 15 is 0 Å². The van der Waals surface area contributed by atoms with Crippen molar-refractivity contribution < 1.29 is 23.8 Å². The molecule has 0 spiro atoms. The van der Waals surface area contributed by atoms with Gasteiger partial charge in [-0.1, -0.05) is 24.9 Å². The summed E-state index contributed by atoms with van der Waals surface area (Å²) in [4.78, 5) is 35.7. The number of nitrogens with one attached hydrogen (secondary N) is 1. The normalized spacial score (nSPS) is 12.0. The first-order valence-electron chi connectivity index (χ1n) is 8.10. The van der Waals surface area contributed by atoms with E-state index in [-0.39, 0.29) is 12.0 Å². The molecule has 1 aromatic carbocycles. The summed E-state index contributed by atoms with van der Waals surface area (Å²) in [6, 6.07) is 2.13. The maximum atomic E-state index is 12.3. The van der Waals surface area contributed by atoms with Gasteiger partial charge >= 0.3 is 11.6 Å². The zero-order chi connectivity index (χ0) is 19.4. The van der Waals surface area contributed by atoms with Gasteiger partial charge in [0.15, 0.2) is 0 Å². The molecule has 0 unspecified atom stereocenters. The second-order valence-electron chi connectivity index (χ2n) is 5.90. The quantitative estimate of drug-likeness (QED) is 0.714. The molecular formula is C18H20ClNO6. The number of rotatable bonds is 7. The number of methoxy groups -OCH3 is 1. The number of carbonyl (C=O) groups is 2. The van der Waals surface area contributed by atoms with Crippen molar-refractivity contribution in [3.8, 4) is 5.75 Å². The van der Waals surface area contributed by atoms with Crippen molar-refractivity contribution in [3.05, 3.63) is 38.7 Å². The molecule has 1 aromatic heterocycles. The molecule has 0 fully saturated rings. The molecule has 140 valence electrons. The van der Waals surface area contributed by atoms with E-state index in [0.29, 0.717) is 40.1 Å². The van der Waals surface area contributed by atoms with Crippen molar-refractivity contribution in [1.82, 2.24) is 5.32 Å². The number of aliphatic carboxylic acids is 1. The van der Waals surface area contributed by atoms with Crippen LogP contribution in [0.3, 0.4) is 0 Å². The highest BCUT2D eigenvalue weighted by atomic mass is 35.5. The summed E-state index contributed by atoms with van der Waals surface area (Å²) >= 11 is 6.12. The second-order valence-corrected chi connectivity index (χ2v) is 6.31. The average Bonchev–Trinajstić information content (AvgIpc) is 2.58. The number of carboxylic acids is 1. The lowest BCUT2D eigenvalue weighted by Crippen LogP contribution is -2.41. The summed E-state index contributed by atoms with van der Waals surface area (Å²) in [5, 5.41) is 12.5. The van der Waals surface area contributed by atoms with Crippen molar-refractivity contribution in [2.45, 2.75) is 39.2 Å². The number of amides is 1. The molecular weight excluding hydrogens is 362 g/mol. The van der Waals surface area contributed by atoms with Crippen LogP contribution in [-0.2, 0) is 16.0 Å². The minimum Gasteiger partial charge on any atom is -0.495 e. The van der Waals surface area contributed by atoms with Crippen LogP contribution in [0.15, 0.2) is 21.3 Å². The lowest BCUT2D eigenvalue weighted by atomic mass is 10.0. The molecule has 1 heterocycles. The monoisotopic (exact) mass is 381 g/mol. The fraction of sp³-hybridized carbons (Fsp3) is 0.389. The molecule has 0 aliphatic carbocycles. The molecule has 8 heteroatoms. The Morgan fingerprint density at radius 2 is 2.08 bits per heavy atom. The summed E-state index contributed by atoms with van der Waals surface area (Å²) in [5.41, 5.74) is 0.361. The SMILES string of the molecule is CCC[C@H](NC(=O)Cc1c(C)c2cc(Cl)c(OC)cc2oc1=O)C(=O)O. The van der Waals surface area contributed by atoms with E-state index in [9.17, 15) is 14.4 Å². The first kappa shape index (κ1) is 19.8. The Kier molecular flexibility index (Phi) is 6.26. The molecule has 1 atom stereocenters. The van der Waals surface area contributed by atoms with Crippen LogP contribution in [0.2, 0.25) is 5.02 Å². The van der Waals surface area contributed by atoms with Crippen LogP contribution < -0.4 is 15.7 Å². The number of halogens is 1. The molecule has 2 aromatic rings. The van der Waals surface area contributed by atoms with Gasteiger partial charge in [-0.15, -0.1) is 0 Å². The highest BCUT2D eigenvalue weighted by molar-refractivity contribution is 6.32. The van der Waals surface area contributed by atoms with Gasteiger partial charge in [-0.2, -0.15) is 0 Å². The van der Waals surface area contributed by atoms with Gasteiger partial charge in [-0.3, -0.25) is 4.79 Å². The Bertz CT molecular complexity index is 905. The molecule has 1 amide bonds. The van der Waals surface area contributed by atoms with Crippen molar-refractivity contribution in [1.29, 1.82) is 0 Å². The Labute approximate surface area is 154 Å². The van der Waals surface area contributed by atoms with E-state index in [1.807, 2.05) is 6.92 Å². The lowest BCUT2D eigenvalue weighted by Gasteiger charge is -2.14. The van der Waals surface area contributed by atoms with E-state index in [0.717, 1.165) is 0 Å². The van der Waals surface area contributed by atoms with E-state index in [2.05, 4.69) is 5.32 Å². The Balaban J connectivity index is 2.36. The van der Waals surface area contributed by atoms with E-state index in [4.69, 9.17) is 25.9 Å². The van der Waals surface area contributed by atoms with Gasteiger partial charge < -0.3 is 19.6 Å². The van der Waals surface area contributed by atoms with Gasteiger partial charge in [0, 0.05) is 11.5 Å². The highest BCUT2D eigenvalue weighted by Gasteiger charge is 2.21. The lowest BCUT2D eigenvalue weighted by molar-refractivity contribution is -0.141. The van der Waals surface area contributed by atoms with E-state index < -0.39 is 23.5 Å². The minimum absolute atomic E-state index is 0.164. The van der Waals surface area contributed by atoms with E-state index in [1.54, 1.807) is 13.0 Å². The van der Waals surface area contributed by atoms with Crippen LogP contribution in [0.4, 0.5) is 0 Å². The van der Waals surface area contributed by atoms with Gasteiger partial charge in [-0.05, 0) is 25.0 Å². The van der Waals surface area contributed by atoms with Gasteiger partial charge in [0.25, 0.3) is 0 Å². The van der Waals surface area contributed by atoms with Gasteiger partial charge in [0.05, 0.1) is 24.1 Å². The van der Waals surface area contributed by atoms with Gasteiger partial charge in [0.1, 0.15) is 17.4 Å². The predicted molar refractivity (Wildman–Crippen MR) is 97.0 cm³/mol. The third-order valence-corrected chi connectivity index (χ3v) is 4.40. The molecule has 0 bridgehead atoms. The molecule has 0 radical (unpaired) electrons. The topological polar surface area (TPSA) is 106 Å². The van der Waals surface area contributed by atoms with Crippen LogP contribution in [-0.4, -0.2) is 30.1 Å². The number of fused-ring (bicyclic) bond motifs is 1. The van der Waals surface area contributed by atoms with Crippen LogP contribution in [0.25, 0.3) is 11.0 Å². The molecule has 0 aliphatic heterocycles. The third kappa shape index (κ3) is 4.16. The molecule has 0 aliphatic rings. The third-order valence-electron chi connectivity index (χ3n) is 4.11.